The van der Waals surface area contributed by atoms with E-state index in [4.69, 9.17) is 9.47 Å². The van der Waals surface area contributed by atoms with Gasteiger partial charge in [-0.15, -0.1) is 0 Å². The maximum absolute atomic E-state index is 14.2. The lowest BCUT2D eigenvalue weighted by Gasteiger charge is -2.63. The molecule has 0 aromatic rings. The van der Waals surface area contributed by atoms with Crippen molar-refractivity contribution in [2.75, 3.05) is 7.11 Å². The number of ketones is 1. The number of hydrogen-bond acceptors (Lipinski definition) is 6. The van der Waals surface area contributed by atoms with Crippen LogP contribution in [0.2, 0.25) is 0 Å². The lowest BCUT2D eigenvalue weighted by molar-refractivity contribution is -0.200. The quantitative estimate of drug-likeness (QED) is 0.530. The molecule has 4 aliphatic rings. The fourth-order valence-corrected chi connectivity index (χ4v) is 9.70. The molecule has 198 valence electrons. The molecule has 4 rings (SSSR count). The monoisotopic (exact) mass is 490 g/mol. The standard InChI is InChI=1S/C29H46O6/c1-7-19-22-14-18(35-17(3)30)12-13-28(22,4)26-23(31)15-29(5)20(16(2)8-11-24(32)34-6)9-10-21(29)25(26)27(19)33/h16,18-23,25-26,31H,7-15H2,1-6H3/t16-,18-,19-,20?,21?,22+,23+,25?,26?,28+,29-/m1/s1. The molecule has 6 nitrogen and oxygen atoms in total. The van der Waals surface area contributed by atoms with Crippen molar-refractivity contribution in [1.29, 1.82) is 0 Å². The predicted octanol–water partition coefficient (Wildman–Crippen LogP) is 4.95. The molecular formula is C29H46O6. The van der Waals surface area contributed by atoms with Crippen molar-refractivity contribution in [2.45, 2.75) is 105 Å². The second-order valence-corrected chi connectivity index (χ2v) is 12.7. The number of ether oxygens (including phenoxy) is 2. The lowest BCUT2D eigenvalue weighted by Crippen LogP contribution is -2.64. The highest BCUT2D eigenvalue weighted by Crippen LogP contribution is 2.68. The predicted molar refractivity (Wildman–Crippen MR) is 132 cm³/mol. The van der Waals surface area contributed by atoms with Gasteiger partial charge in [-0.25, -0.2) is 0 Å². The molecule has 0 saturated heterocycles. The van der Waals surface area contributed by atoms with E-state index in [1.807, 2.05) is 0 Å². The van der Waals surface area contributed by atoms with Gasteiger partial charge in [0.05, 0.1) is 13.2 Å². The van der Waals surface area contributed by atoms with Crippen molar-refractivity contribution in [3.05, 3.63) is 0 Å². The summed E-state index contributed by atoms with van der Waals surface area (Å²) >= 11 is 0. The summed E-state index contributed by atoms with van der Waals surface area (Å²) in [6, 6.07) is 0. The number of aliphatic hydroxyl groups excluding tert-OH is 1. The first-order valence-electron chi connectivity index (χ1n) is 13.9. The Hall–Kier alpha value is -1.43. The highest BCUT2D eigenvalue weighted by Gasteiger charge is 2.67. The van der Waals surface area contributed by atoms with E-state index in [0.717, 1.165) is 51.4 Å². The van der Waals surface area contributed by atoms with Gasteiger partial charge >= 0.3 is 11.9 Å². The molecule has 0 bridgehead atoms. The molecule has 4 fully saturated rings. The summed E-state index contributed by atoms with van der Waals surface area (Å²) in [4.78, 5) is 37.6. The maximum Gasteiger partial charge on any atom is 0.305 e. The minimum Gasteiger partial charge on any atom is -0.469 e. The smallest absolute Gasteiger partial charge is 0.305 e. The summed E-state index contributed by atoms with van der Waals surface area (Å²) in [5.74, 6) is 0.936. The number of aliphatic hydroxyl groups is 1. The molecule has 0 spiro atoms. The minimum atomic E-state index is -0.505. The Balaban J connectivity index is 1.62. The third kappa shape index (κ3) is 4.36. The molecule has 4 unspecified atom stereocenters. The topological polar surface area (TPSA) is 89.9 Å². The molecule has 35 heavy (non-hydrogen) atoms. The van der Waals surface area contributed by atoms with Gasteiger partial charge < -0.3 is 14.6 Å². The van der Waals surface area contributed by atoms with E-state index < -0.39 is 6.10 Å². The van der Waals surface area contributed by atoms with Crippen LogP contribution in [0.4, 0.5) is 0 Å². The number of fused-ring (bicyclic) bond motifs is 5. The fourth-order valence-electron chi connectivity index (χ4n) is 9.70. The van der Waals surface area contributed by atoms with Crippen LogP contribution in [-0.4, -0.2) is 42.1 Å². The van der Waals surface area contributed by atoms with E-state index >= 15 is 0 Å². The summed E-state index contributed by atoms with van der Waals surface area (Å²) in [6.45, 7) is 10.4. The Morgan fingerprint density at radius 1 is 1.14 bits per heavy atom. The molecule has 0 radical (unpaired) electrons. The lowest BCUT2D eigenvalue weighted by atomic mass is 9.41. The van der Waals surface area contributed by atoms with Gasteiger partial charge in [0.15, 0.2) is 0 Å². The number of esters is 2. The van der Waals surface area contributed by atoms with E-state index in [1.165, 1.54) is 14.0 Å². The second-order valence-electron chi connectivity index (χ2n) is 12.7. The van der Waals surface area contributed by atoms with Crippen LogP contribution in [0, 0.1) is 52.3 Å². The first-order chi connectivity index (χ1) is 16.5. The fraction of sp³-hybridized carbons (Fsp3) is 0.897. The summed E-state index contributed by atoms with van der Waals surface area (Å²) in [5, 5.41) is 11.8. The van der Waals surface area contributed by atoms with Gasteiger partial charge in [-0.05, 0) is 85.9 Å². The van der Waals surface area contributed by atoms with Crippen LogP contribution in [0.5, 0.6) is 0 Å². The third-order valence-electron chi connectivity index (χ3n) is 11.2. The van der Waals surface area contributed by atoms with Crippen molar-refractivity contribution in [1.82, 2.24) is 0 Å². The van der Waals surface area contributed by atoms with Gasteiger partial charge in [-0.1, -0.05) is 27.7 Å². The molecule has 1 N–H and O–H groups in total. The number of carbonyl (C=O) groups excluding carboxylic acids is 3. The molecule has 4 saturated carbocycles. The van der Waals surface area contributed by atoms with E-state index in [-0.39, 0.29) is 58.5 Å². The van der Waals surface area contributed by atoms with Crippen LogP contribution in [-0.2, 0) is 23.9 Å². The summed E-state index contributed by atoms with van der Waals surface area (Å²) in [6.07, 6.45) is 6.61. The van der Waals surface area contributed by atoms with Gasteiger partial charge in [-0.2, -0.15) is 0 Å². The van der Waals surface area contributed by atoms with Crippen LogP contribution < -0.4 is 0 Å². The van der Waals surface area contributed by atoms with Gasteiger partial charge in [0.1, 0.15) is 11.9 Å². The van der Waals surface area contributed by atoms with Crippen molar-refractivity contribution in [2.24, 2.45) is 52.3 Å². The van der Waals surface area contributed by atoms with Crippen LogP contribution in [0.1, 0.15) is 92.4 Å². The first kappa shape index (κ1) is 26.6. The SMILES string of the molecule is CC[C@H]1C(=O)C2C3CCC([C@H](C)CCC(=O)OC)[C@@]3(C)C[C@H](O)C2[C@@]2(C)CC[C@@H](OC(C)=O)C[C@@H]12. The average Bonchev–Trinajstić information content (AvgIpc) is 3.14. The van der Waals surface area contributed by atoms with E-state index in [1.54, 1.807) is 0 Å². The van der Waals surface area contributed by atoms with Crippen LogP contribution in [0.3, 0.4) is 0 Å². The van der Waals surface area contributed by atoms with Crippen molar-refractivity contribution >= 4 is 17.7 Å². The normalized spacial score (nSPS) is 45.6. The largest absolute Gasteiger partial charge is 0.469 e. The Bertz CT molecular complexity index is 839. The highest BCUT2D eigenvalue weighted by atomic mass is 16.5. The Morgan fingerprint density at radius 2 is 1.86 bits per heavy atom. The highest BCUT2D eigenvalue weighted by molar-refractivity contribution is 5.86. The van der Waals surface area contributed by atoms with Crippen molar-refractivity contribution in [3.63, 3.8) is 0 Å². The second kappa shape index (κ2) is 9.79. The van der Waals surface area contributed by atoms with Crippen molar-refractivity contribution in [3.8, 4) is 0 Å². The number of Topliss-reactive ketones (excluding diaryl/α,β-unsaturated/α-hetero) is 1. The Kier molecular flexibility index (Phi) is 7.45. The molecular weight excluding hydrogens is 444 g/mol. The summed E-state index contributed by atoms with van der Waals surface area (Å²) in [5.41, 5.74) is -0.215. The Labute approximate surface area is 210 Å². The molecule has 0 amide bonds. The molecule has 6 heteroatoms. The Morgan fingerprint density at radius 3 is 2.49 bits per heavy atom. The molecule has 4 aliphatic carbocycles. The zero-order valence-electron chi connectivity index (χ0n) is 22.5. The zero-order valence-corrected chi connectivity index (χ0v) is 22.5. The maximum atomic E-state index is 14.2. The van der Waals surface area contributed by atoms with Gasteiger partial charge in [0, 0.05) is 31.1 Å². The van der Waals surface area contributed by atoms with Crippen molar-refractivity contribution < 1.29 is 29.0 Å². The van der Waals surface area contributed by atoms with Gasteiger partial charge in [-0.3, -0.25) is 14.4 Å². The third-order valence-corrected chi connectivity index (χ3v) is 11.2. The van der Waals surface area contributed by atoms with Crippen LogP contribution >= 0.6 is 0 Å². The molecule has 0 aliphatic heterocycles. The van der Waals surface area contributed by atoms with E-state index in [2.05, 4.69) is 27.7 Å². The minimum absolute atomic E-state index is 0.0247. The number of carbonyl (C=O) groups is 3. The summed E-state index contributed by atoms with van der Waals surface area (Å²) < 4.78 is 10.5. The van der Waals surface area contributed by atoms with E-state index in [0.29, 0.717) is 24.0 Å². The first-order valence-corrected chi connectivity index (χ1v) is 13.9. The number of rotatable bonds is 6. The van der Waals surface area contributed by atoms with Crippen LogP contribution in [0.15, 0.2) is 0 Å². The zero-order chi connectivity index (χ0) is 25.7. The van der Waals surface area contributed by atoms with Gasteiger partial charge in [0.25, 0.3) is 0 Å². The van der Waals surface area contributed by atoms with Gasteiger partial charge in [0.2, 0.25) is 0 Å². The average molecular weight is 491 g/mol. The number of methoxy groups -OCH3 is 1. The molecule has 11 atom stereocenters. The van der Waals surface area contributed by atoms with Crippen LogP contribution in [0.25, 0.3) is 0 Å². The number of hydrogen-bond donors (Lipinski definition) is 1. The van der Waals surface area contributed by atoms with E-state index in [9.17, 15) is 19.5 Å². The molecule has 0 heterocycles. The molecule has 0 aromatic heterocycles. The molecule has 0 aromatic carbocycles. The summed E-state index contributed by atoms with van der Waals surface area (Å²) in [7, 11) is 1.43.